The van der Waals surface area contributed by atoms with E-state index < -0.39 is 0 Å². The smallest absolute Gasteiger partial charge is 0.309 e. The van der Waals surface area contributed by atoms with Crippen molar-refractivity contribution in [3.63, 3.8) is 0 Å². The molecule has 0 aliphatic rings. The summed E-state index contributed by atoms with van der Waals surface area (Å²) in [7, 11) is 1.43. The highest BCUT2D eigenvalue weighted by Gasteiger charge is 2.12. The predicted molar refractivity (Wildman–Crippen MR) is 77.9 cm³/mol. The van der Waals surface area contributed by atoms with Gasteiger partial charge in [0, 0.05) is 12.6 Å². The molecule has 0 aliphatic heterocycles. The molecule has 1 aromatic rings. The van der Waals surface area contributed by atoms with Gasteiger partial charge in [0.1, 0.15) is 0 Å². The minimum atomic E-state index is -0.191. The summed E-state index contributed by atoms with van der Waals surface area (Å²) in [6, 6.07) is 8.53. The van der Waals surface area contributed by atoms with Gasteiger partial charge in [0.25, 0.3) is 0 Å². The molecule has 0 radical (unpaired) electrons. The van der Waals surface area contributed by atoms with E-state index in [-0.39, 0.29) is 5.97 Å². The number of carbonyl (C=O) groups excluding carboxylic acids is 1. The Kier molecular flexibility index (Phi) is 6.57. The fraction of sp³-hybridized carbons (Fsp3) is 0.562. The average Bonchev–Trinajstić information content (AvgIpc) is 2.40. The summed E-state index contributed by atoms with van der Waals surface area (Å²) < 4.78 is 4.73. The van der Waals surface area contributed by atoms with Gasteiger partial charge in [-0.3, -0.25) is 4.79 Å². The Morgan fingerprint density at radius 3 is 2.42 bits per heavy atom. The lowest BCUT2D eigenvalue weighted by Gasteiger charge is -2.21. The molecule has 0 saturated carbocycles. The van der Waals surface area contributed by atoms with Gasteiger partial charge in [0.2, 0.25) is 0 Å². The Bertz CT molecular complexity index is 401. The molecule has 0 aliphatic carbocycles. The van der Waals surface area contributed by atoms with Crippen molar-refractivity contribution in [3.8, 4) is 0 Å². The number of rotatable bonds is 7. The lowest BCUT2D eigenvalue weighted by molar-refractivity contribution is -0.139. The van der Waals surface area contributed by atoms with Crippen molar-refractivity contribution in [3.05, 3.63) is 35.4 Å². The number of carbonyl (C=O) groups is 1. The minimum Gasteiger partial charge on any atom is -0.469 e. The molecule has 1 N–H and O–H groups in total. The van der Waals surface area contributed by atoms with Crippen LogP contribution in [0.25, 0.3) is 0 Å². The molecule has 0 bridgehead atoms. The maximum absolute atomic E-state index is 11.4. The molecular formula is C16H25NO2. The van der Waals surface area contributed by atoms with Crippen LogP contribution in [0.15, 0.2) is 24.3 Å². The van der Waals surface area contributed by atoms with Crippen LogP contribution < -0.4 is 5.32 Å². The maximum atomic E-state index is 11.4. The number of methoxy groups -OCH3 is 1. The van der Waals surface area contributed by atoms with Crippen molar-refractivity contribution < 1.29 is 9.53 Å². The van der Waals surface area contributed by atoms with Crippen LogP contribution in [0.5, 0.6) is 0 Å². The monoisotopic (exact) mass is 263 g/mol. The molecule has 19 heavy (non-hydrogen) atoms. The standard InChI is InChI=1S/C16H25NO2/c1-5-15(12(2)3)17-11-14-9-7-6-8-13(14)10-16(18)19-4/h6-9,12,15,17H,5,10-11H2,1-4H3. The van der Waals surface area contributed by atoms with E-state index in [1.807, 2.05) is 18.2 Å². The third kappa shape index (κ3) is 5.03. The van der Waals surface area contributed by atoms with Crippen LogP contribution in [-0.4, -0.2) is 19.1 Å². The first-order valence-corrected chi connectivity index (χ1v) is 6.95. The summed E-state index contributed by atoms with van der Waals surface area (Å²) in [5.41, 5.74) is 2.22. The fourth-order valence-electron chi connectivity index (χ4n) is 2.22. The Morgan fingerprint density at radius 1 is 1.26 bits per heavy atom. The first-order chi connectivity index (χ1) is 9.08. The highest BCUT2D eigenvalue weighted by atomic mass is 16.5. The molecule has 0 aromatic heterocycles. The summed E-state index contributed by atoms with van der Waals surface area (Å²) in [4.78, 5) is 11.4. The van der Waals surface area contributed by atoms with Gasteiger partial charge in [0.15, 0.2) is 0 Å². The second-order valence-corrected chi connectivity index (χ2v) is 5.16. The fourth-order valence-corrected chi connectivity index (χ4v) is 2.22. The molecule has 1 atom stereocenters. The number of benzene rings is 1. The number of hydrogen-bond acceptors (Lipinski definition) is 3. The van der Waals surface area contributed by atoms with E-state index in [9.17, 15) is 4.79 Å². The van der Waals surface area contributed by atoms with E-state index in [0.717, 1.165) is 18.5 Å². The molecule has 3 heteroatoms. The van der Waals surface area contributed by atoms with Crippen LogP contribution in [-0.2, 0) is 22.5 Å². The van der Waals surface area contributed by atoms with E-state index in [1.165, 1.54) is 12.7 Å². The van der Waals surface area contributed by atoms with Crippen molar-refractivity contribution in [1.82, 2.24) is 5.32 Å². The number of ether oxygens (including phenoxy) is 1. The van der Waals surface area contributed by atoms with Crippen molar-refractivity contribution in [1.29, 1.82) is 0 Å². The molecular weight excluding hydrogens is 238 g/mol. The van der Waals surface area contributed by atoms with Crippen LogP contribution in [0, 0.1) is 5.92 Å². The Hall–Kier alpha value is -1.35. The Morgan fingerprint density at radius 2 is 1.89 bits per heavy atom. The van der Waals surface area contributed by atoms with Gasteiger partial charge >= 0.3 is 5.97 Å². The van der Waals surface area contributed by atoms with E-state index in [4.69, 9.17) is 4.74 Å². The van der Waals surface area contributed by atoms with Crippen molar-refractivity contribution in [2.75, 3.05) is 7.11 Å². The van der Waals surface area contributed by atoms with Crippen molar-refractivity contribution in [2.24, 2.45) is 5.92 Å². The van der Waals surface area contributed by atoms with Crippen LogP contribution in [0.4, 0.5) is 0 Å². The number of esters is 1. The summed E-state index contributed by atoms with van der Waals surface area (Å²) in [5.74, 6) is 0.418. The van der Waals surface area contributed by atoms with E-state index in [0.29, 0.717) is 18.4 Å². The molecule has 1 rings (SSSR count). The van der Waals surface area contributed by atoms with Crippen LogP contribution in [0.1, 0.15) is 38.3 Å². The molecule has 0 heterocycles. The first kappa shape index (κ1) is 15.7. The second-order valence-electron chi connectivity index (χ2n) is 5.16. The largest absolute Gasteiger partial charge is 0.469 e. The predicted octanol–water partition coefficient (Wildman–Crippen LogP) is 2.93. The van der Waals surface area contributed by atoms with Crippen LogP contribution in [0.2, 0.25) is 0 Å². The van der Waals surface area contributed by atoms with Gasteiger partial charge in [0.05, 0.1) is 13.5 Å². The Balaban J connectivity index is 2.69. The quantitative estimate of drug-likeness (QED) is 0.769. The molecule has 1 unspecified atom stereocenters. The lowest BCUT2D eigenvalue weighted by Crippen LogP contribution is -2.33. The zero-order chi connectivity index (χ0) is 14.3. The van der Waals surface area contributed by atoms with Gasteiger partial charge in [-0.15, -0.1) is 0 Å². The molecule has 0 spiro atoms. The summed E-state index contributed by atoms with van der Waals surface area (Å²) >= 11 is 0. The molecule has 0 saturated heterocycles. The van der Waals surface area contributed by atoms with Crippen molar-refractivity contribution in [2.45, 2.75) is 46.2 Å². The van der Waals surface area contributed by atoms with E-state index in [1.54, 1.807) is 0 Å². The summed E-state index contributed by atoms with van der Waals surface area (Å²) in [6.07, 6.45) is 1.45. The normalized spacial score (nSPS) is 12.5. The zero-order valence-corrected chi connectivity index (χ0v) is 12.4. The lowest BCUT2D eigenvalue weighted by atomic mass is 10.00. The maximum Gasteiger partial charge on any atom is 0.309 e. The SMILES string of the molecule is CCC(NCc1ccccc1CC(=O)OC)C(C)C. The van der Waals surface area contributed by atoms with Gasteiger partial charge in [-0.25, -0.2) is 0 Å². The van der Waals surface area contributed by atoms with Crippen LogP contribution in [0.3, 0.4) is 0 Å². The molecule has 0 amide bonds. The van der Waals surface area contributed by atoms with E-state index in [2.05, 4.69) is 32.2 Å². The number of hydrogen-bond donors (Lipinski definition) is 1. The third-order valence-electron chi connectivity index (χ3n) is 3.48. The highest BCUT2D eigenvalue weighted by molar-refractivity contribution is 5.72. The second kappa shape index (κ2) is 7.95. The molecule has 0 fully saturated rings. The average molecular weight is 263 g/mol. The zero-order valence-electron chi connectivity index (χ0n) is 12.4. The topological polar surface area (TPSA) is 38.3 Å². The molecule has 3 nitrogen and oxygen atoms in total. The highest BCUT2D eigenvalue weighted by Crippen LogP contribution is 2.12. The molecule has 106 valence electrons. The summed E-state index contributed by atoms with van der Waals surface area (Å²) in [5, 5.41) is 3.56. The van der Waals surface area contributed by atoms with Gasteiger partial charge in [-0.05, 0) is 23.5 Å². The van der Waals surface area contributed by atoms with Gasteiger partial charge < -0.3 is 10.1 Å². The van der Waals surface area contributed by atoms with Gasteiger partial charge in [-0.1, -0.05) is 45.0 Å². The summed E-state index contributed by atoms with van der Waals surface area (Å²) in [6.45, 7) is 7.44. The van der Waals surface area contributed by atoms with Crippen LogP contribution >= 0.6 is 0 Å². The number of nitrogens with one attached hydrogen (secondary N) is 1. The minimum absolute atomic E-state index is 0.191. The van der Waals surface area contributed by atoms with E-state index >= 15 is 0 Å². The molecule has 1 aromatic carbocycles. The Labute approximate surface area is 116 Å². The third-order valence-corrected chi connectivity index (χ3v) is 3.48. The van der Waals surface area contributed by atoms with Crippen molar-refractivity contribution >= 4 is 5.97 Å². The first-order valence-electron chi connectivity index (χ1n) is 6.95. The van der Waals surface area contributed by atoms with Gasteiger partial charge in [-0.2, -0.15) is 0 Å².